The number of nitrogens with zero attached hydrogens (tertiary/aromatic N) is 1. The van der Waals surface area contributed by atoms with Crippen molar-refractivity contribution < 1.29 is 0 Å². The van der Waals surface area contributed by atoms with E-state index >= 15 is 0 Å². The van der Waals surface area contributed by atoms with Crippen LogP contribution in [-0.2, 0) is 0 Å². The first-order valence-electron chi connectivity index (χ1n) is 5.97. The maximum atomic E-state index is 4.05. The molecular weight excluding hydrogens is 172 g/mol. The average Bonchev–Trinajstić information content (AvgIpc) is 2.70. The van der Waals surface area contributed by atoms with Gasteiger partial charge in [-0.05, 0) is 45.2 Å². The summed E-state index contributed by atoms with van der Waals surface area (Å²) in [5.41, 5.74) is 1.44. The minimum Gasteiger partial charge on any atom is -0.314 e. The second-order valence-electron chi connectivity index (χ2n) is 4.67. The summed E-state index contributed by atoms with van der Waals surface area (Å²) in [7, 11) is 0. The van der Waals surface area contributed by atoms with E-state index in [0.717, 1.165) is 6.04 Å². The van der Waals surface area contributed by atoms with Crippen molar-refractivity contribution in [3.63, 3.8) is 0 Å². The number of piperidine rings is 1. The van der Waals surface area contributed by atoms with E-state index < -0.39 is 0 Å². The maximum absolute atomic E-state index is 4.05. The van der Waals surface area contributed by atoms with Gasteiger partial charge in [-0.3, -0.25) is 0 Å². The van der Waals surface area contributed by atoms with Crippen LogP contribution in [0, 0.1) is 0 Å². The molecule has 14 heavy (non-hydrogen) atoms. The van der Waals surface area contributed by atoms with E-state index in [-0.39, 0.29) is 0 Å². The van der Waals surface area contributed by atoms with Crippen LogP contribution in [0.3, 0.4) is 0 Å². The third-order valence-electron chi connectivity index (χ3n) is 3.52. The van der Waals surface area contributed by atoms with Crippen molar-refractivity contribution in [2.24, 2.45) is 0 Å². The van der Waals surface area contributed by atoms with Crippen molar-refractivity contribution in [3.8, 4) is 0 Å². The van der Waals surface area contributed by atoms with Crippen molar-refractivity contribution in [2.45, 2.75) is 38.1 Å². The van der Waals surface area contributed by atoms with Gasteiger partial charge in [0, 0.05) is 19.1 Å². The molecule has 2 heterocycles. The molecule has 0 radical (unpaired) electrons. The van der Waals surface area contributed by atoms with Crippen LogP contribution >= 0.6 is 0 Å². The largest absolute Gasteiger partial charge is 0.314 e. The van der Waals surface area contributed by atoms with Crippen LogP contribution in [-0.4, -0.2) is 37.1 Å². The molecule has 1 atom stereocenters. The molecule has 0 bridgehead atoms. The topological polar surface area (TPSA) is 15.3 Å². The smallest absolute Gasteiger partial charge is 0.00797 e. The molecule has 2 aliphatic heterocycles. The summed E-state index contributed by atoms with van der Waals surface area (Å²) >= 11 is 0. The molecule has 0 aromatic rings. The molecule has 1 N–H and O–H groups in total. The Morgan fingerprint density at radius 3 is 2.79 bits per heavy atom. The number of hydrogen-bond acceptors (Lipinski definition) is 2. The Bertz CT molecular complexity index is 184. The number of nitrogens with one attached hydrogen (secondary N) is 1. The Balaban J connectivity index is 1.63. The van der Waals surface area contributed by atoms with E-state index in [9.17, 15) is 0 Å². The highest BCUT2D eigenvalue weighted by Crippen LogP contribution is 2.15. The second-order valence-corrected chi connectivity index (χ2v) is 4.67. The minimum absolute atomic E-state index is 0.806. The first-order valence-corrected chi connectivity index (χ1v) is 5.97. The Morgan fingerprint density at radius 2 is 2.14 bits per heavy atom. The predicted octanol–water partition coefficient (Wildman–Crippen LogP) is 1.78. The summed E-state index contributed by atoms with van der Waals surface area (Å²) in [4.78, 5) is 2.59. The van der Waals surface area contributed by atoms with Crippen LogP contribution < -0.4 is 5.32 Å². The molecule has 0 aromatic heterocycles. The number of hydrogen-bond donors (Lipinski definition) is 1. The lowest BCUT2D eigenvalue weighted by molar-refractivity contribution is 0.244. The molecule has 80 valence electrons. The Labute approximate surface area is 87.4 Å². The van der Waals surface area contributed by atoms with Crippen LogP contribution in [0.2, 0.25) is 0 Å². The van der Waals surface area contributed by atoms with Gasteiger partial charge in [-0.15, -0.1) is 0 Å². The fourth-order valence-corrected chi connectivity index (χ4v) is 2.43. The molecule has 1 unspecified atom stereocenters. The van der Waals surface area contributed by atoms with Crippen molar-refractivity contribution in [3.05, 3.63) is 12.2 Å². The van der Waals surface area contributed by atoms with Gasteiger partial charge in [0.2, 0.25) is 0 Å². The lowest BCUT2D eigenvalue weighted by Crippen LogP contribution is -2.34. The zero-order valence-corrected chi connectivity index (χ0v) is 9.10. The molecule has 2 aliphatic rings. The van der Waals surface area contributed by atoms with E-state index in [1.165, 1.54) is 63.9 Å². The van der Waals surface area contributed by atoms with Gasteiger partial charge in [0.15, 0.2) is 0 Å². The maximum Gasteiger partial charge on any atom is 0.00797 e. The summed E-state index contributed by atoms with van der Waals surface area (Å²) in [6.45, 7) is 9.05. The fourth-order valence-electron chi connectivity index (χ4n) is 2.43. The summed E-state index contributed by atoms with van der Waals surface area (Å²) in [5.74, 6) is 0. The number of rotatable bonds is 3. The Kier molecular flexibility index (Phi) is 3.60. The lowest BCUT2D eigenvalue weighted by Gasteiger charge is -2.28. The molecule has 0 amide bonds. The zero-order chi connectivity index (χ0) is 9.80. The first kappa shape index (κ1) is 10.2. The van der Waals surface area contributed by atoms with Crippen LogP contribution in [0.4, 0.5) is 0 Å². The van der Waals surface area contributed by atoms with Crippen LogP contribution in [0.15, 0.2) is 12.2 Å². The van der Waals surface area contributed by atoms with Gasteiger partial charge in [-0.1, -0.05) is 12.2 Å². The monoisotopic (exact) mass is 194 g/mol. The second kappa shape index (κ2) is 4.94. The van der Waals surface area contributed by atoms with E-state index in [2.05, 4.69) is 16.8 Å². The normalized spacial score (nSPS) is 29.7. The highest BCUT2D eigenvalue weighted by Gasteiger charge is 2.17. The van der Waals surface area contributed by atoms with Gasteiger partial charge in [0.25, 0.3) is 0 Å². The van der Waals surface area contributed by atoms with E-state index in [1.807, 2.05) is 0 Å². The Morgan fingerprint density at radius 1 is 1.36 bits per heavy atom. The lowest BCUT2D eigenvalue weighted by atomic mass is 10.1. The number of likely N-dealkylation sites (tertiary alicyclic amines) is 1. The van der Waals surface area contributed by atoms with Crippen LogP contribution in [0.5, 0.6) is 0 Å². The molecule has 0 aromatic carbocycles. The van der Waals surface area contributed by atoms with Gasteiger partial charge in [-0.2, -0.15) is 0 Å². The van der Waals surface area contributed by atoms with Crippen molar-refractivity contribution in [2.75, 3.05) is 26.2 Å². The molecule has 0 saturated carbocycles. The predicted molar refractivity (Wildman–Crippen MR) is 60.5 cm³/mol. The van der Waals surface area contributed by atoms with Crippen LogP contribution in [0.25, 0.3) is 0 Å². The van der Waals surface area contributed by atoms with Crippen LogP contribution in [0.1, 0.15) is 32.1 Å². The molecular formula is C12H22N2. The quantitative estimate of drug-likeness (QED) is 0.689. The van der Waals surface area contributed by atoms with Crippen molar-refractivity contribution >= 4 is 0 Å². The molecule has 2 heteroatoms. The molecule has 2 nitrogen and oxygen atoms in total. The Hall–Kier alpha value is -0.340. The van der Waals surface area contributed by atoms with Crippen molar-refractivity contribution in [1.82, 2.24) is 10.2 Å². The van der Waals surface area contributed by atoms with Gasteiger partial charge >= 0.3 is 0 Å². The summed E-state index contributed by atoms with van der Waals surface area (Å²) in [5, 5.41) is 3.56. The highest BCUT2D eigenvalue weighted by atomic mass is 15.1. The van der Waals surface area contributed by atoms with Gasteiger partial charge in [0.05, 0.1) is 0 Å². The molecule has 0 aliphatic carbocycles. The molecule has 2 rings (SSSR count). The van der Waals surface area contributed by atoms with E-state index in [4.69, 9.17) is 0 Å². The molecule has 2 fully saturated rings. The minimum atomic E-state index is 0.806. The third-order valence-corrected chi connectivity index (χ3v) is 3.52. The molecule has 2 saturated heterocycles. The summed E-state index contributed by atoms with van der Waals surface area (Å²) < 4.78 is 0. The fraction of sp³-hybridized carbons (Fsp3) is 0.833. The average molecular weight is 194 g/mol. The van der Waals surface area contributed by atoms with E-state index in [0.29, 0.717) is 0 Å². The van der Waals surface area contributed by atoms with E-state index in [1.54, 1.807) is 0 Å². The summed E-state index contributed by atoms with van der Waals surface area (Å²) in [6, 6.07) is 0.806. The summed E-state index contributed by atoms with van der Waals surface area (Å²) in [6.07, 6.45) is 6.55. The highest BCUT2D eigenvalue weighted by molar-refractivity contribution is 4.98. The molecule has 0 spiro atoms. The third kappa shape index (κ3) is 2.82. The van der Waals surface area contributed by atoms with Gasteiger partial charge in [-0.25, -0.2) is 0 Å². The van der Waals surface area contributed by atoms with Crippen molar-refractivity contribution in [1.29, 1.82) is 0 Å². The van der Waals surface area contributed by atoms with Gasteiger partial charge < -0.3 is 10.2 Å². The SMILES string of the molecule is C=C1CCN(CCC2CCCN2)CC1. The first-order chi connectivity index (χ1) is 6.84. The zero-order valence-electron chi connectivity index (χ0n) is 9.10. The van der Waals surface area contributed by atoms with Gasteiger partial charge in [0.1, 0.15) is 0 Å². The standard InChI is InChI=1S/C12H22N2/c1-11-4-8-14(9-5-11)10-6-12-3-2-7-13-12/h12-13H,1-10H2.